The van der Waals surface area contributed by atoms with Crippen LogP contribution < -0.4 is 5.73 Å². The monoisotopic (exact) mass is 244 g/mol. The van der Waals surface area contributed by atoms with Gasteiger partial charge in [0.1, 0.15) is 0 Å². The summed E-state index contributed by atoms with van der Waals surface area (Å²) >= 11 is 5.00. The minimum atomic E-state index is 0.543. The molecule has 0 spiro atoms. The van der Waals surface area contributed by atoms with E-state index in [2.05, 4.69) is 11.8 Å². The highest BCUT2D eigenvalue weighted by Gasteiger charge is 2.24. The van der Waals surface area contributed by atoms with E-state index < -0.39 is 0 Å². The number of nitrogens with zero attached hydrogens (tertiary/aromatic N) is 1. The number of hydrogen-bond donors (Lipinski definition) is 1. The maximum absolute atomic E-state index is 5.64. The third-order valence-electron chi connectivity index (χ3n) is 3.48. The summed E-state index contributed by atoms with van der Waals surface area (Å²) in [6.45, 7) is 5.44. The SMILES string of the molecule is CCC(CC(N)=S)N1CCC(COC)CC1. The average molecular weight is 244 g/mol. The average Bonchev–Trinajstić information content (AvgIpc) is 2.27. The molecule has 0 radical (unpaired) electrons. The van der Waals surface area contributed by atoms with Crippen LogP contribution in [-0.2, 0) is 4.74 Å². The molecule has 16 heavy (non-hydrogen) atoms. The third-order valence-corrected chi connectivity index (χ3v) is 3.64. The van der Waals surface area contributed by atoms with Gasteiger partial charge < -0.3 is 10.5 Å². The lowest BCUT2D eigenvalue weighted by molar-refractivity contribution is 0.0799. The molecule has 94 valence electrons. The summed E-state index contributed by atoms with van der Waals surface area (Å²) in [4.78, 5) is 3.18. The molecule has 1 aliphatic heterocycles. The number of rotatable bonds is 6. The number of methoxy groups -OCH3 is 1. The summed E-state index contributed by atoms with van der Waals surface area (Å²) in [7, 11) is 1.79. The fourth-order valence-electron chi connectivity index (χ4n) is 2.48. The van der Waals surface area contributed by atoms with Gasteiger partial charge in [-0.2, -0.15) is 0 Å². The van der Waals surface area contributed by atoms with Crippen LogP contribution >= 0.6 is 12.2 Å². The van der Waals surface area contributed by atoms with Gasteiger partial charge in [0.2, 0.25) is 0 Å². The number of nitrogens with two attached hydrogens (primary N) is 1. The molecule has 1 atom stereocenters. The van der Waals surface area contributed by atoms with Crippen molar-refractivity contribution in [1.82, 2.24) is 4.90 Å². The largest absolute Gasteiger partial charge is 0.393 e. The van der Waals surface area contributed by atoms with Crippen LogP contribution in [0.3, 0.4) is 0 Å². The molecule has 1 saturated heterocycles. The fraction of sp³-hybridized carbons (Fsp3) is 0.917. The highest BCUT2D eigenvalue weighted by Crippen LogP contribution is 2.21. The van der Waals surface area contributed by atoms with Crippen LogP contribution in [0.5, 0.6) is 0 Å². The molecule has 3 nitrogen and oxygen atoms in total. The lowest BCUT2D eigenvalue weighted by Crippen LogP contribution is -2.43. The van der Waals surface area contributed by atoms with Gasteiger partial charge in [0.25, 0.3) is 0 Å². The third kappa shape index (κ3) is 4.36. The summed E-state index contributed by atoms with van der Waals surface area (Å²) < 4.78 is 5.21. The Kier molecular flexibility index (Phi) is 6.24. The molecule has 0 aliphatic carbocycles. The maximum atomic E-state index is 5.64. The van der Waals surface area contributed by atoms with E-state index in [-0.39, 0.29) is 0 Å². The van der Waals surface area contributed by atoms with Gasteiger partial charge >= 0.3 is 0 Å². The summed E-state index contributed by atoms with van der Waals surface area (Å²) in [5.74, 6) is 0.739. The van der Waals surface area contributed by atoms with Crippen LogP contribution in [-0.4, -0.2) is 42.7 Å². The van der Waals surface area contributed by atoms with Crippen molar-refractivity contribution in [3.8, 4) is 0 Å². The highest BCUT2D eigenvalue weighted by molar-refractivity contribution is 7.80. The second-order valence-electron chi connectivity index (χ2n) is 4.67. The highest BCUT2D eigenvalue weighted by atomic mass is 32.1. The first kappa shape index (κ1) is 13.9. The van der Waals surface area contributed by atoms with Crippen molar-refractivity contribution in [2.45, 2.75) is 38.6 Å². The van der Waals surface area contributed by atoms with E-state index in [1.54, 1.807) is 7.11 Å². The summed E-state index contributed by atoms with van der Waals surface area (Å²) in [6, 6.07) is 0.543. The van der Waals surface area contributed by atoms with Gasteiger partial charge in [0.15, 0.2) is 0 Å². The van der Waals surface area contributed by atoms with E-state index in [1.807, 2.05) is 0 Å². The predicted octanol–water partition coefficient (Wildman–Crippen LogP) is 1.80. The van der Waals surface area contributed by atoms with Gasteiger partial charge in [0.05, 0.1) is 4.99 Å². The molecule has 0 amide bonds. The van der Waals surface area contributed by atoms with Gasteiger partial charge in [-0.1, -0.05) is 19.1 Å². The lowest BCUT2D eigenvalue weighted by Gasteiger charge is -2.37. The molecule has 1 fully saturated rings. The zero-order valence-electron chi connectivity index (χ0n) is 10.4. The summed E-state index contributed by atoms with van der Waals surface area (Å²) in [5.41, 5.74) is 5.64. The second-order valence-corrected chi connectivity index (χ2v) is 5.19. The van der Waals surface area contributed by atoms with Gasteiger partial charge in [-0.05, 0) is 38.3 Å². The predicted molar refractivity (Wildman–Crippen MR) is 71.7 cm³/mol. The van der Waals surface area contributed by atoms with Crippen molar-refractivity contribution >= 4 is 17.2 Å². The van der Waals surface area contributed by atoms with Crippen molar-refractivity contribution in [1.29, 1.82) is 0 Å². The summed E-state index contributed by atoms with van der Waals surface area (Å²) in [6.07, 6.45) is 4.47. The Hall–Kier alpha value is -0.190. The number of thiocarbonyl (C=S) groups is 1. The maximum Gasteiger partial charge on any atom is 0.0743 e. The van der Waals surface area contributed by atoms with Crippen molar-refractivity contribution in [3.05, 3.63) is 0 Å². The minimum Gasteiger partial charge on any atom is -0.393 e. The Bertz CT molecular complexity index is 215. The number of piperidine rings is 1. The first-order chi connectivity index (χ1) is 7.67. The van der Waals surface area contributed by atoms with Crippen LogP contribution in [0.25, 0.3) is 0 Å². The molecule has 0 aromatic carbocycles. The van der Waals surface area contributed by atoms with E-state index in [9.17, 15) is 0 Å². The van der Waals surface area contributed by atoms with E-state index >= 15 is 0 Å². The van der Waals surface area contributed by atoms with Crippen molar-refractivity contribution in [2.24, 2.45) is 11.7 Å². The Morgan fingerprint density at radius 2 is 2.12 bits per heavy atom. The van der Waals surface area contributed by atoms with E-state index in [1.165, 1.54) is 12.8 Å². The van der Waals surface area contributed by atoms with Crippen LogP contribution in [0.4, 0.5) is 0 Å². The number of ether oxygens (including phenoxy) is 1. The standard InChI is InChI=1S/C12H24N2OS/c1-3-11(8-12(13)16)14-6-4-10(5-7-14)9-15-2/h10-11H,3-9H2,1-2H3,(H2,13,16). The Balaban J connectivity index is 2.35. The van der Waals surface area contributed by atoms with Crippen LogP contribution in [0, 0.1) is 5.92 Å². The molecule has 1 unspecified atom stereocenters. The molecule has 0 saturated carbocycles. The lowest BCUT2D eigenvalue weighted by atomic mass is 9.95. The molecular formula is C12H24N2OS. The number of hydrogen-bond acceptors (Lipinski definition) is 3. The van der Waals surface area contributed by atoms with Crippen molar-refractivity contribution < 1.29 is 4.74 Å². The van der Waals surface area contributed by atoms with Crippen molar-refractivity contribution in [3.63, 3.8) is 0 Å². The molecule has 2 N–H and O–H groups in total. The molecule has 0 aromatic rings. The molecule has 1 heterocycles. The smallest absolute Gasteiger partial charge is 0.0743 e. The van der Waals surface area contributed by atoms with Gasteiger partial charge in [-0.25, -0.2) is 0 Å². The topological polar surface area (TPSA) is 38.5 Å². The molecule has 1 rings (SSSR count). The van der Waals surface area contributed by atoms with Crippen molar-refractivity contribution in [2.75, 3.05) is 26.8 Å². The fourth-order valence-corrected chi connectivity index (χ4v) is 2.68. The molecule has 4 heteroatoms. The Morgan fingerprint density at radius 3 is 2.56 bits per heavy atom. The van der Waals surface area contributed by atoms with E-state index in [4.69, 9.17) is 22.7 Å². The summed E-state index contributed by atoms with van der Waals surface area (Å²) in [5, 5.41) is 0. The molecule has 0 aromatic heterocycles. The second kappa shape index (κ2) is 7.20. The normalized spacial score (nSPS) is 20.9. The first-order valence-electron chi connectivity index (χ1n) is 6.18. The van der Waals surface area contributed by atoms with Gasteiger partial charge in [-0.3, -0.25) is 4.90 Å². The number of likely N-dealkylation sites (tertiary alicyclic amines) is 1. The zero-order chi connectivity index (χ0) is 12.0. The van der Waals surface area contributed by atoms with E-state index in [0.717, 1.165) is 38.5 Å². The van der Waals surface area contributed by atoms with Crippen LogP contribution in [0.2, 0.25) is 0 Å². The Morgan fingerprint density at radius 1 is 1.50 bits per heavy atom. The van der Waals surface area contributed by atoms with Crippen LogP contribution in [0.15, 0.2) is 0 Å². The molecular weight excluding hydrogens is 220 g/mol. The first-order valence-corrected chi connectivity index (χ1v) is 6.59. The molecule has 0 bridgehead atoms. The van der Waals surface area contributed by atoms with Crippen LogP contribution in [0.1, 0.15) is 32.6 Å². The molecule has 1 aliphatic rings. The minimum absolute atomic E-state index is 0.543. The van der Waals surface area contributed by atoms with E-state index in [0.29, 0.717) is 11.0 Å². The zero-order valence-corrected chi connectivity index (χ0v) is 11.3. The van der Waals surface area contributed by atoms with Gasteiger partial charge in [0, 0.05) is 26.2 Å². The Labute approximate surface area is 104 Å². The quantitative estimate of drug-likeness (QED) is 0.723. The van der Waals surface area contributed by atoms with Gasteiger partial charge in [-0.15, -0.1) is 0 Å².